The van der Waals surface area contributed by atoms with Crippen molar-refractivity contribution in [3.05, 3.63) is 59.9 Å². The lowest BCUT2D eigenvalue weighted by atomic mass is 10.1. The van der Waals surface area contributed by atoms with E-state index in [0.29, 0.717) is 18.5 Å². The van der Waals surface area contributed by atoms with Crippen LogP contribution in [0.4, 0.5) is 0 Å². The topological polar surface area (TPSA) is 53.4 Å². The summed E-state index contributed by atoms with van der Waals surface area (Å²) in [7, 11) is 1.72. The molecule has 0 saturated heterocycles. The Labute approximate surface area is 112 Å². The molecule has 1 aromatic heterocycles. The predicted octanol–water partition coefficient (Wildman–Crippen LogP) is 2.10. The minimum atomic E-state index is -0.186. The molecule has 4 nitrogen and oxygen atoms in total. The van der Waals surface area contributed by atoms with Crippen LogP contribution in [0.2, 0.25) is 0 Å². The van der Waals surface area contributed by atoms with E-state index in [9.17, 15) is 9.90 Å². The zero-order valence-corrected chi connectivity index (χ0v) is 10.8. The highest BCUT2D eigenvalue weighted by molar-refractivity contribution is 5.96. The fraction of sp³-hybridized carbons (Fsp3) is 0.200. The summed E-state index contributed by atoms with van der Waals surface area (Å²) in [6.45, 7) is 0.560. The molecule has 4 heteroatoms. The first-order chi connectivity index (χ1) is 9.18. The first-order valence-electron chi connectivity index (χ1n) is 6.12. The Bertz CT molecular complexity index is 555. The van der Waals surface area contributed by atoms with E-state index in [0.717, 1.165) is 5.69 Å². The van der Waals surface area contributed by atoms with Crippen molar-refractivity contribution in [1.82, 2.24) is 9.88 Å². The van der Waals surface area contributed by atoms with Gasteiger partial charge in [-0.2, -0.15) is 0 Å². The van der Waals surface area contributed by atoms with Crippen molar-refractivity contribution >= 4 is 5.91 Å². The summed E-state index contributed by atoms with van der Waals surface area (Å²) in [5, 5.41) is 9.66. The molecule has 98 valence electrons. The van der Waals surface area contributed by atoms with Crippen molar-refractivity contribution in [2.45, 2.75) is 6.42 Å². The van der Waals surface area contributed by atoms with Gasteiger partial charge >= 0.3 is 0 Å². The van der Waals surface area contributed by atoms with Gasteiger partial charge in [-0.1, -0.05) is 18.2 Å². The number of hydrogen-bond donors (Lipinski definition) is 1. The van der Waals surface area contributed by atoms with E-state index in [2.05, 4.69) is 4.98 Å². The standard InChI is InChI=1S/C15H16N2O2/c1-17(11-9-12-6-4-5-10-16-12)15(19)13-7-2-3-8-14(13)18/h2-8,10,18H,9,11H2,1H3. The zero-order valence-electron chi connectivity index (χ0n) is 10.8. The summed E-state index contributed by atoms with van der Waals surface area (Å²) in [6, 6.07) is 12.3. The molecule has 19 heavy (non-hydrogen) atoms. The average Bonchev–Trinajstić information content (AvgIpc) is 2.45. The SMILES string of the molecule is CN(CCc1ccccn1)C(=O)c1ccccc1O. The smallest absolute Gasteiger partial charge is 0.257 e. The molecule has 1 heterocycles. The van der Waals surface area contributed by atoms with Gasteiger partial charge in [0.1, 0.15) is 5.75 Å². The van der Waals surface area contributed by atoms with Gasteiger partial charge in [-0.3, -0.25) is 9.78 Å². The number of likely N-dealkylation sites (N-methyl/N-ethyl adjacent to an activating group) is 1. The van der Waals surface area contributed by atoms with Crippen molar-refractivity contribution in [3.63, 3.8) is 0 Å². The highest BCUT2D eigenvalue weighted by Crippen LogP contribution is 2.17. The van der Waals surface area contributed by atoms with Crippen LogP contribution < -0.4 is 0 Å². The van der Waals surface area contributed by atoms with Gasteiger partial charge in [0.2, 0.25) is 0 Å². The van der Waals surface area contributed by atoms with Gasteiger partial charge in [-0.05, 0) is 24.3 Å². The number of carbonyl (C=O) groups is 1. The highest BCUT2D eigenvalue weighted by atomic mass is 16.3. The fourth-order valence-corrected chi connectivity index (χ4v) is 1.79. The largest absolute Gasteiger partial charge is 0.507 e. The van der Waals surface area contributed by atoms with Crippen LogP contribution in [0, 0.1) is 0 Å². The number of benzene rings is 1. The second-order valence-electron chi connectivity index (χ2n) is 4.31. The van der Waals surface area contributed by atoms with Crippen LogP contribution in [-0.2, 0) is 6.42 Å². The van der Waals surface area contributed by atoms with Crippen molar-refractivity contribution < 1.29 is 9.90 Å². The molecule has 2 rings (SSSR count). The molecular formula is C15H16N2O2. The Morgan fingerprint density at radius 2 is 1.95 bits per heavy atom. The van der Waals surface area contributed by atoms with Crippen molar-refractivity contribution in [1.29, 1.82) is 0 Å². The average molecular weight is 256 g/mol. The Morgan fingerprint density at radius 1 is 1.21 bits per heavy atom. The fourth-order valence-electron chi connectivity index (χ4n) is 1.79. The summed E-state index contributed by atoms with van der Waals surface area (Å²) >= 11 is 0. The first kappa shape index (κ1) is 13.1. The number of phenols is 1. The second kappa shape index (κ2) is 6.00. The number of pyridine rings is 1. The van der Waals surface area contributed by atoms with E-state index in [-0.39, 0.29) is 11.7 Å². The van der Waals surface area contributed by atoms with Crippen LogP contribution >= 0.6 is 0 Å². The molecule has 0 bridgehead atoms. The highest BCUT2D eigenvalue weighted by Gasteiger charge is 2.14. The van der Waals surface area contributed by atoms with Gasteiger partial charge in [0.15, 0.2) is 0 Å². The number of hydrogen-bond acceptors (Lipinski definition) is 3. The Morgan fingerprint density at radius 3 is 2.63 bits per heavy atom. The van der Waals surface area contributed by atoms with Gasteiger partial charge in [0.25, 0.3) is 5.91 Å². The summed E-state index contributed by atoms with van der Waals surface area (Å²) in [4.78, 5) is 17.9. The maximum atomic E-state index is 12.1. The maximum Gasteiger partial charge on any atom is 0.257 e. The van der Waals surface area contributed by atoms with Gasteiger partial charge in [0.05, 0.1) is 5.56 Å². The molecule has 0 spiro atoms. The van der Waals surface area contributed by atoms with Crippen molar-refractivity contribution in [2.75, 3.05) is 13.6 Å². The summed E-state index contributed by atoms with van der Waals surface area (Å²) in [5.41, 5.74) is 1.27. The quantitative estimate of drug-likeness (QED) is 0.911. The number of aromatic nitrogens is 1. The number of amides is 1. The van der Waals surface area contributed by atoms with Gasteiger partial charge in [-0.25, -0.2) is 0 Å². The van der Waals surface area contributed by atoms with Crippen LogP contribution in [0.1, 0.15) is 16.1 Å². The van der Waals surface area contributed by atoms with Crippen LogP contribution in [-0.4, -0.2) is 34.5 Å². The molecule has 0 saturated carbocycles. The number of nitrogens with zero attached hydrogens (tertiary/aromatic N) is 2. The molecule has 0 unspecified atom stereocenters. The third kappa shape index (κ3) is 3.31. The third-order valence-corrected chi connectivity index (χ3v) is 2.91. The van der Waals surface area contributed by atoms with E-state index >= 15 is 0 Å². The minimum absolute atomic E-state index is 0.0113. The molecule has 2 aromatic rings. The molecular weight excluding hydrogens is 240 g/mol. The predicted molar refractivity (Wildman–Crippen MR) is 73.0 cm³/mol. The number of rotatable bonds is 4. The number of para-hydroxylation sites is 1. The molecule has 0 atom stereocenters. The number of aromatic hydroxyl groups is 1. The lowest BCUT2D eigenvalue weighted by Crippen LogP contribution is -2.29. The minimum Gasteiger partial charge on any atom is -0.507 e. The summed E-state index contributed by atoms with van der Waals surface area (Å²) in [5.74, 6) is -0.175. The van der Waals surface area contributed by atoms with Crippen LogP contribution in [0.3, 0.4) is 0 Å². The van der Waals surface area contributed by atoms with Crippen molar-refractivity contribution in [2.24, 2.45) is 0 Å². The van der Waals surface area contributed by atoms with E-state index in [1.54, 1.807) is 36.3 Å². The molecule has 0 fully saturated rings. The van der Waals surface area contributed by atoms with E-state index in [1.807, 2.05) is 18.2 Å². The van der Waals surface area contributed by atoms with E-state index in [1.165, 1.54) is 6.07 Å². The molecule has 1 N–H and O–H groups in total. The Balaban J connectivity index is 1.99. The number of phenolic OH excluding ortho intramolecular Hbond substituents is 1. The maximum absolute atomic E-state index is 12.1. The second-order valence-corrected chi connectivity index (χ2v) is 4.31. The lowest BCUT2D eigenvalue weighted by molar-refractivity contribution is 0.0793. The Hall–Kier alpha value is -2.36. The molecule has 0 aliphatic carbocycles. The molecule has 1 aromatic carbocycles. The van der Waals surface area contributed by atoms with E-state index in [4.69, 9.17) is 0 Å². The molecule has 0 aliphatic heterocycles. The summed E-state index contributed by atoms with van der Waals surface area (Å²) in [6.07, 6.45) is 2.43. The monoisotopic (exact) mass is 256 g/mol. The van der Waals surface area contributed by atoms with Gasteiger partial charge in [-0.15, -0.1) is 0 Å². The zero-order chi connectivity index (χ0) is 13.7. The van der Waals surface area contributed by atoms with Gasteiger partial charge < -0.3 is 10.0 Å². The third-order valence-electron chi connectivity index (χ3n) is 2.91. The van der Waals surface area contributed by atoms with E-state index < -0.39 is 0 Å². The lowest BCUT2D eigenvalue weighted by Gasteiger charge is -2.17. The van der Waals surface area contributed by atoms with Crippen LogP contribution in [0.5, 0.6) is 5.75 Å². The molecule has 1 amide bonds. The first-order valence-corrected chi connectivity index (χ1v) is 6.12. The summed E-state index contributed by atoms with van der Waals surface area (Å²) < 4.78 is 0. The molecule has 0 aliphatic rings. The number of carbonyl (C=O) groups excluding carboxylic acids is 1. The Kier molecular flexibility index (Phi) is 4.13. The van der Waals surface area contributed by atoms with Crippen LogP contribution in [0.15, 0.2) is 48.7 Å². The van der Waals surface area contributed by atoms with Gasteiger partial charge in [0, 0.05) is 31.9 Å². The molecule has 0 radical (unpaired) electrons. The van der Waals surface area contributed by atoms with Crippen molar-refractivity contribution in [3.8, 4) is 5.75 Å². The van der Waals surface area contributed by atoms with Crippen LogP contribution in [0.25, 0.3) is 0 Å². The normalized spacial score (nSPS) is 10.2.